The van der Waals surface area contributed by atoms with E-state index < -0.39 is 0 Å². The van der Waals surface area contributed by atoms with E-state index in [9.17, 15) is 0 Å². The number of aromatic nitrogens is 1. The maximum absolute atomic E-state index is 4.53. The highest BCUT2D eigenvalue weighted by atomic mass is 79.9. The first-order valence-corrected chi connectivity index (χ1v) is 7.46. The molecule has 0 unspecified atom stereocenters. The topological polar surface area (TPSA) is 16.1 Å². The summed E-state index contributed by atoms with van der Waals surface area (Å²) in [6.07, 6.45) is 1.93. The summed E-state index contributed by atoms with van der Waals surface area (Å²) >= 11 is 5.23. The van der Waals surface area contributed by atoms with E-state index in [1.807, 2.05) is 6.20 Å². The Balaban J connectivity index is 2.16. The highest BCUT2D eigenvalue weighted by Crippen LogP contribution is 2.21. The highest BCUT2D eigenvalue weighted by molar-refractivity contribution is 9.08. The molecule has 2 nitrogen and oxygen atoms in total. The quantitative estimate of drug-likeness (QED) is 0.794. The van der Waals surface area contributed by atoms with Crippen molar-refractivity contribution in [2.24, 2.45) is 0 Å². The average Bonchev–Trinajstić information content (AvgIpc) is 2.81. The van der Waals surface area contributed by atoms with E-state index in [-0.39, 0.29) is 0 Å². The molecule has 17 heavy (non-hydrogen) atoms. The standard InChI is InChI=1S/C13H15BrN2S/c1-10-6-11(7-14)8-15-13(10)16(2)9-12-4-3-5-17-12/h3-6,8H,7,9H2,1-2H3. The van der Waals surface area contributed by atoms with E-state index in [1.165, 1.54) is 16.0 Å². The van der Waals surface area contributed by atoms with Gasteiger partial charge in [0.1, 0.15) is 5.82 Å². The molecule has 90 valence electrons. The Morgan fingerprint density at radius 1 is 1.47 bits per heavy atom. The molecule has 2 heterocycles. The summed E-state index contributed by atoms with van der Waals surface area (Å²) in [5, 5.41) is 2.97. The van der Waals surface area contributed by atoms with Crippen molar-refractivity contribution < 1.29 is 0 Å². The van der Waals surface area contributed by atoms with Crippen molar-refractivity contribution in [3.8, 4) is 0 Å². The lowest BCUT2D eigenvalue weighted by Gasteiger charge is -2.19. The third kappa shape index (κ3) is 3.07. The van der Waals surface area contributed by atoms with E-state index in [2.05, 4.69) is 63.4 Å². The van der Waals surface area contributed by atoms with Crippen LogP contribution in [-0.2, 0) is 11.9 Å². The maximum atomic E-state index is 4.53. The van der Waals surface area contributed by atoms with Gasteiger partial charge in [0.15, 0.2) is 0 Å². The number of nitrogens with zero attached hydrogens (tertiary/aromatic N) is 2. The minimum Gasteiger partial charge on any atom is -0.354 e. The van der Waals surface area contributed by atoms with Crippen LogP contribution in [0.25, 0.3) is 0 Å². The summed E-state index contributed by atoms with van der Waals surface area (Å²) in [7, 11) is 2.09. The summed E-state index contributed by atoms with van der Waals surface area (Å²) in [6, 6.07) is 6.42. The predicted octanol–water partition coefficient (Wildman–Crippen LogP) is 3.98. The predicted molar refractivity (Wildman–Crippen MR) is 78.0 cm³/mol. The second kappa shape index (κ2) is 5.65. The minimum absolute atomic E-state index is 0.857. The Morgan fingerprint density at radius 2 is 2.29 bits per heavy atom. The van der Waals surface area contributed by atoms with E-state index in [1.54, 1.807) is 11.3 Å². The van der Waals surface area contributed by atoms with Gasteiger partial charge in [0.05, 0.1) is 6.54 Å². The number of anilines is 1. The van der Waals surface area contributed by atoms with Crippen molar-refractivity contribution in [1.29, 1.82) is 0 Å². The Hall–Kier alpha value is -0.870. The molecular weight excluding hydrogens is 296 g/mol. The van der Waals surface area contributed by atoms with Crippen LogP contribution in [0.1, 0.15) is 16.0 Å². The molecule has 0 atom stereocenters. The van der Waals surface area contributed by atoms with Crippen molar-refractivity contribution in [3.63, 3.8) is 0 Å². The van der Waals surface area contributed by atoms with E-state index >= 15 is 0 Å². The van der Waals surface area contributed by atoms with Crippen LogP contribution in [0.4, 0.5) is 5.82 Å². The van der Waals surface area contributed by atoms with Gasteiger partial charge in [0, 0.05) is 23.5 Å². The Kier molecular flexibility index (Phi) is 4.18. The summed E-state index contributed by atoms with van der Waals surface area (Å²) in [5.41, 5.74) is 2.44. The monoisotopic (exact) mass is 310 g/mol. The van der Waals surface area contributed by atoms with Gasteiger partial charge in [-0.1, -0.05) is 28.1 Å². The molecule has 0 saturated carbocycles. The molecule has 0 spiro atoms. The van der Waals surface area contributed by atoms with Crippen LogP contribution in [-0.4, -0.2) is 12.0 Å². The molecule has 0 aliphatic heterocycles. The zero-order chi connectivity index (χ0) is 12.3. The summed E-state index contributed by atoms with van der Waals surface area (Å²) in [6.45, 7) is 3.03. The number of hydrogen-bond acceptors (Lipinski definition) is 3. The summed E-state index contributed by atoms with van der Waals surface area (Å²) in [5.74, 6) is 1.06. The minimum atomic E-state index is 0.857. The molecule has 0 amide bonds. The van der Waals surface area contributed by atoms with Gasteiger partial charge in [-0.2, -0.15) is 0 Å². The summed E-state index contributed by atoms with van der Waals surface area (Å²) in [4.78, 5) is 8.08. The SMILES string of the molecule is Cc1cc(CBr)cnc1N(C)Cc1cccs1. The van der Waals surface area contributed by atoms with Gasteiger partial charge in [-0.3, -0.25) is 0 Å². The third-order valence-corrected chi connectivity index (χ3v) is 4.10. The zero-order valence-electron chi connectivity index (χ0n) is 9.98. The highest BCUT2D eigenvalue weighted by Gasteiger charge is 2.08. The zero-order valence-corrected chi connectivity index (χ0v) is 12.4. The van der Waals surface area contributed by atoms with E-state index in [0.717, 1.165) is 17.7 Å². The fraction of sp³-hybridized carbons (Fsp3) is 0.308. The van der Waals surface area contributed by atoms with Gasteiger partial charge in [-0.15, -0.1) is 11.3 Å². The van der Waals surface area contributed by atoms with Crippen LogP contribution in [0.2, 0.25) is 0 Å². The Morgan fingerprint density at radius 3 is 2.88 bits per heavy atom. The lowest BCUT2D eigenvalue weighted by atomic mass is 10.2. The lowest BCUT2D eigenvalue weighted by Crippen LogP contribution is -2.18. The molecule has 4 heteroatoms. The Labute approximate surface area is 114 Å². The number of hydrogen-bond donors (Lipinski definition) is 0. The first kappa shape index (κ1) is 12.6. The Bertz CT molecular complexity index is 482. The molecule has 0 saturated heterocycles. The van der Waals surface area contributed by atoms with Crippen LogP contribution in [0.15, 0.2) is 29.8 Å². The molecule has 0 fully saturated rings. The lowest BCUT2D eigenvalue weighted by molar-refractivity contribution is 0.902. The number of rotatable bonds is 4. The fourth-order valence-corrected chi connectivity index (χ4v) is 2.87. The van der Waals surface area contributed by atoms with E-state index in [4.69, 9.17) is 0 Å². The summed E-state index contributed by atoms with van der Waals surface area (Å²) < 4.78 is 0. The van der Waals surface area contributed by atoms with Gasteiger partial charge in [0.2, 0.25) is 0 Å². The molecule has 0 aromatic carbocycles. The smallest absolute Gasteiger partial charge is 0.131 e. The van der Waals surface area contributed by atoms with Crippen LogP contribution >= 0.6 is 27.3 Å². The van der Waals surface area contributed by atoms with Gasteiger partial charge in [0.25, 0.3) is 0 Å². The van der Waals surface area contributed by atoms with Crippen LogP contribution in [0.3, 0.4) is 0 Å². The molecule has 0 aliphatic carbocycles. The van der Waals surface area contributed by atoms with Crippen molar-refractivity contribution in [2.45, 2.75) is 18.8 Å². The van der Waals surface area contributed by atoms with Crippen molar-refractivity contribution in [1.82, 2.24) is 4.98 Å². The molecule has 0 N–H and O–H groups in total. The number of thiophene rings is 1. The number of halogens is 1. The molecule has 0 aliphatic rings. The first-order chi connectivity index (χ1) is 8.20. The number of alkyl halides is 1. The van der Waals surface area contributed by atoms with Crippen LogP contribution < -0.4 is 4.90 Å². The van der Waals surface area contributed by atoms with Crippen LogP contribution in [0.5, 0.6) is 0 Å². The van der Waals surface area contributed by atoms with Gasteiger partial charge < -0.3 is 4.90 Å². The average molecular weight is 311 g/mol. The van der Waals surface area contributed by atoms with Crippen molar-refractivity contribution in [3.05, 3.63) is 45.8 Å². The normalized spacial score (nSPS) is 10.5. The van der Waals surface area contributed by atoms with Crippen LogP contribution in [0, 0.1) is 6.92 Å². The van der Waals surface area contributed by atoms with Gasteiger partial charge >= 0.3 is 0 Å². The fourth-order valence-electron chi connectivity index (χ4n) is 1.81. The molecule has 2 rings (SSSR count). The molecule has 2 aromatic rings. The second-order valence-corrected chi connectivity index (χ2v) is 5.65. The van der Waals surface area contributed by atoms with E-state index in [0.29, 0.717) is 0 Å². The molecule has 2 aromatic heterocycles. The molecule has 0 bridgehead atoms. The maximum Gasteiger partial charge on any atom is 0.131 e. The third-order valence-electron chi connectivity index (χ3n) is 2.60. The largest absolute Gasteiger partial charge is 0.354 e. The number of aryl methyl sites for hydroxylation is 1. The van der Waals surface area contributed by atoms with Gasteiger partial charge in [-0.05, 0) is 29.5 Å². The molecule has 0 radical (unpaired) electrons. The number of pyridine rings is 1. The molecular formula is C13H15BrN2S. The first-order valence-electron chi connectivity index (χ1n) is 5.45. The van der Waals surface area contributed by atoms with Gasteiger partial charge in [-0.25, -0.2) is 4.98 Å². The van der Waals surface area contributed by atoms with Crippen molar-refractivity contribution in [2.75, 3.05) is 11.9 Å². The van der Waals surface area contributed by atoms with Crippen molar-refractivity contribution >= 4 is 33.1 Å². The second-order valence-electron chi connectivity index (χ2n) is 4.05.